The lowest BCUT2D eigenvalue weighted by Gasteiger charge is -2.26. The van der Waals surface area contributed by atoms with Crippen LogP contribution in [0.1, 0.15) is 16.7 Å². The number of barbiturate groups is 1. The van der Waals surface area contributed by atoms with E-state index in [2.05, 4.69) is 10.6 Å². The van der Waals surface area contributed by atoms with Gasteiger partial charge in [0.2, 0.25) is 0 Å². The Morgan fingerprint density at radius 2 is 1.78 bits per heavy atom. The van der Waals surface area contributed by atoms with Gasteiger partial charge in [0.15, 0.2) is 6.61 Å². The van der Waals surface area contributed by atoms with Gasteiger partial charge in [0.25, 0.3) is 17.7 Å². The van der Waals surface area contributed by atoms with Crippen molar-refractivity contribution in [1.29, 1.82) is 0 Å². The van der Waals surface area contributed by atoms with Crippen LogP contribution in [-0.2, 0) is 14.4 Å². The molecule has 8 nitrogen and oxygen atoms in total. The highest BCUT2D eigenvalue weighted by atomic mass is 35.5. The second kappa shape index (κ2) is 10.5. The van der Waals surface area contributed by atoms with Gasteiger partial charge in [-0.1, -0.05) is 41.9 Å². The molecule has 0 aromatic heterocycles. The van der Waals surface area contributed by atoms with Crippen molar-refractivity contribution in [1.82, 2.24) is 5.32 Å². The summed E-state index contributed by atoms with van der Waals surface area (Å²) in [6.07, 6.45) is 1.38. The molecule has 3 aromatic carbocycles. The summed E-state index contributed by atoms with van der Waals surface area (Å²) in [6, 6.07) is 17.8. The lowest BCUT2D eigenvalue weighted by Crippen LogP contribution is -2.54. The molecule has 0 spiro atoms. The summed E-state index contributed by atoms with van der Waals surface area (Å²) in [5, 5.41) is 5.32. The minimum absolute atomic E-state index is 0.189. The summed E-state index contributed by atoms with van der Waals surface area (Å²) < 4.78 is 5.52. The van der Waals surface area contributed by atoms with Gasteiger partial charge in [0, 0.05) is 10.7 Å². The largest absolute Gasteiger partial charge is 0.484 e. The van der Waals surface area contributed by atoms with Crippen LogP contribution in [0.15, 0.2) is 72.3 Å². The van der Waals surface area contributed by atoms with Crippen LogP contribution in [0.5, 0.6) is 5.75 Å². The van der Waals surface area contributed by atoms with Gasteiger partial charge in [-0.3, -0.25) is 19.7 Å². The number of amides is 5. The third kappa shape index (κ3) is 5.61. The first-order valence-electron chi connectivity index (χ1n) is 11.0. The van der Waals surface area contributed by atoms with Crippen molar-refractivity contribution in [2.24, 2.45) is 0 Å². The zero-order valence-corrected chi connectivity index (χ0v) is 20.3. The van der Waals surface area contributed by atoms with Gasteiger partial charge in [0.1, 0.15) is 11.3 Å². The maximum Gasteiger partial charge on any atom is 0.335 e. The smallest absolute Gasteiger partial charge is 0.335 e. The van der Waals surface area contributed by atoms with E-state index in [0.29, 0.717) is 22.0 Å². The fraction of sp³-hybridized carbons (Fsp3) is 0.111. The number of anilines is 2. The molecule has 1 aliphatic heterocycles. The number of nitrogens with zero attached hydrogens (tertiary/aromatic N) is 1. The third-order valence-electron chi connectivity index (χ3n) is 5.38. The molecule has 0 saturated carbocycles. The number of carbonyl (C=O) groups excluding carboxylic acids is 4. The maximum absolute atomic E-state index is 13.0. The summed E-state index contributed by atoms with van der Waals surface area (Å²) in [6.45, 7) is 3.54. The molecular weight excluding hydrogens is 482 g/mol. The molecule has 0 bridgehead atoms. The Bertz CT molecular complexity index is 1400. The predicted molar refractivity (Wildman–Crippen MR) is 137 cm³/mol. The number of urea groups is 1. The Kier molecular flexibility index (Phi) is 7.17. The highest BCUT2D eigenvalue weighted by molar-refractivity contribution is 6.39. The number of benzene rings is 3. The SMILES string of the molecule is Cc1cccc(NC(=O)COc2ccc(/C=C3\C(=O)NC(=O)N(c4ccc(C)c(Cl)c4)C3=O)cc2)c1. The number of nitrogens with one attached hydrogen (secondary N) is 2. The van der Waals surface area contributed by atoms with Crippen molar-refractivity contribution in [3.05, 3.63) is 94.0 Å². The summed E-state index contributed by atoms with van der Waals surface area (Å²) in [5.41, 5.74) is 3.06. The van der Waals surface area contributed by atoms with E-state index >= 15 is 0 Å². The molecule has 36 heavy (non-hydrogen) atoms. The first-order valence-corrected chi connectivity index (χ1v) is 11.4. The second-order valence-corrected chi connectivity index (χ2v) is 8.57. The van der Waals surface area contributed by atoms with Crippen LogP contribution in [0.25, 0.3) is 6.08 Å². The fourth-order valence-corrected chi connectivity index (χ4v) is 3.68. The lowest BCUT2D eigenvalue weighted by atomic mass is 10.1. The average molecular weight is 504 g/mol. The zero-order valence-electron chi connectivity index (χ0n) is 19.5. The molecule has 4 rings (SSSR count). The number of rotatable bonds is 6. The Labute approximate surface area is 212 Å². The van der Waals surface area contributed by atoms with Gasteiger partial charge >= 0.3 is 6.03 Å². The number of aryl methyl sites for hydroxylation is 2. The van der Waals surface area contributed by atoms with Crippen molar-refractivity contribution >= 4 is 52.8 Å². The molecule has 0 unspecified atom stereocenters. The monoisotopic (exact) mass is 503 g/mol. The zero-order chi connectivity index (χ0) is 25.8. The number of ether oxygens (including phenoxy) is 1. The van der Waals surface area contributed by atoms with Crippen LogP contribution < -0.4 is 20.3 Å². The Hall–Kier alpha value is -4.43. The van der Waals surface area contributed by atoms with Crippen LogP contribution in [0.4, 0.5) is 16.2 Å². The van der Waals surface area contributed by atoms with Gasteiger partial charge in [0.05, 0.1) is 5.69 Å². The van der Waals surface area contributed by atoms with E-state index in [1.165, 1.54) is 12.1 Å². The van der Waals surface area contributed by atoms with Crippen molar-refractivity contribution in [3.63, 3.8) is 0 Å². The predicted octanol–water partition coefficient (Wildman–Crippen LogP) is 4.64. The van der Waals surface area contributed by atoms with Gasteiger partial charge in [-0.05, 0) is 73.0 Å². The molecule has 1 fully saturated rings. The first-order chi connectivity index (χ1) is 17.2. The number of imide groups is 2. The average Bonchev–Trinajstić information content (AvgIpc) is 2.83. The van der Waals surface area contributed by atoms with Crippen molar-refractivity contribution in [2.75, 3.05) is 16.8 Å². The van der Waals surface area contributed by atoms with Crippen LogP contribution in [0.2, 0.25) is 5.02 Å². The molecule has 0 aliphatic carbocycles. The lowest BCUT2D eigenvalue weighted by molar-refractivity contribution is -0.122. The van der Waals surface area contributed by atoms with Gasteiger partial charge in [-0.2, -0.15) is 0 Å². The Morgan fingerprint density at radius 3 is 2.47 bits per heavy atom. The first kappa shape index (κ1) is 24.7. The summed E-state index contributed by atoms with van der Waals surface area (Å²) >= 11 is 6.14. The molecule has 3 aromatic rings. The number of halogens is 1. The Morgan fingerprint density at radius 1 is 1.03 bits per heavy atom. The second-order valence-electron chi connectivity index (χ2n) is 8.17. The number of carbonyl (C=O) groups is 4. The van der Waals surface area contributed by atoms with E-state index in [4.69, 9.17) is 16.3 Å². The highest BCUT2D eigenvalue weighted by Gasteiger charge is 2.36. The fourth-order valence-electron chi connectivity index (χ4n) is 3.51. The number of hydrogen-bond acceptors (Lipinski definition) is 5. The topological polar surface area (TPSA) is 105 Å². The summed E-state index contributed by atoms with van der Waals surface area (Å²) in [7, 11) is 0. The van der Waals surface area contributed by atoms with Gasteiger partial charge in [-0.25, -0.2) is 9.69 Å². The van der Waals surface area contributed by atoms with E-state index in [-0.39, 0.29) is 23.8 Å². The molecule has 5 amide bonds. The molecule has 0 atom stereocenters. The molecule has 182 valence electrons. The standard InChI is InChI=1S/C27H22ClN3O5/c1-16-4-3-5-19(12-16)29-24(32)15-36-21-10-7-18(8-11-21)13-22-25(33)30-27(35)31(26(22)34)20-9-6-17(2)23(28)14-20/h3-14H,15H2,1-2H3,(H,29,32)(H,30,33,35)/b22-13+. The van der Waals surface area contributed by atoms with E-state index in [1.807, 2.05) is 25.1 Å². The van der Waals surface area contributed by atoms with Crippen LogP contribution in [0, 0.1) is 13.8 Å². The van der Waals surface area contributed by atoms with Crippen LogP contribution in [0.3, 0.4) is 0 Å². The molecule has 0 radical (unpaired) electrons. The molecule has 9 heteroatoms. The normalized spacial score (nSPS) is 14.6. The Balaban J connectivity index is 1.44. The van der Waals surface area contributed by atoms with E-state index in [1.54, 1.807) is 49.4 Å². The van der Waals surface area contributed by atoms with E-state index in [9.17, 15) is 19.2 Å². The van der Waals surface area contributed by atoms with Crippen molar-refractivity contribution in [3.8, 4) is 5.75 Å². The summed E-state index contributed by atoms with van der Waals surface area (Å²) in [4.78, 5) is 50.8. The van der Waals surface area contributed by atoms with Crippen LogP contribution >= 0.6 is 11.6 Å². The minimum atomic E-state index is -0.852. The molecule has 1 saturated heterocycles. The summed E-state index contributed by atoms with van der Waals surface area (Å²) in [5.74, 6) is -1.44. The molecule has 2 N–H and O–H groups in total. The maximum atomic E-state index is 13.0. The van der Waals surface area contributed by atoms with Crippen molar-refractivity contribution in [2.45, 2.75) is 13.8 Å². The molecule has 1 aliphatic rings. The van der Waals surface area contributed by atoms with Gasteiger partial charge < -0.3 is 10.1 Å². The molecular formula is C27H22ClN3O5. The van der Waals surface area contributed by atoms with Gasteiger partial charge in [-0.15, -0.1) is 0 Å². The molecule has 1 heterocycles. The van der Waals surface area contributed by atoms with E-state index in [0.717, 1.165) is 16.0 Å². The minimum Gasteiger partial charge on any atom is -0.484 e. The third-order valence-corrected chi connectivity index (χ3v) is 5.79. The quantitative estimate of drug-likeness (QED) is 0.376. The highest BCUT2D eigenvalue weighted by Crippen LogP contribution is 2.27. The van der Waals surface area contributed by atoms with Crippen LogP contribution in [-0.4, -0.2) is 30.4 Å². The van der Waals surface area contributed by atoms with E-state index < -0.39 is 17.8 Å². The van der Waals surface area contributed by atoms with Crippen molar-refractivity contribution < 1.29 is 23.9 Å². The number of hydrogen-bond donors (Lipinski definition) is 2.